The van der Waals surface area contributed by atoms with Crippen LogP contribution in [0.25, 0.3) is 6.08 Å². The number of carbonyl (C=O) groups excluding carboxylic acids is 1. The minimum atomic E-state index is -3.94. The van der Waals surface area contributed by atoms with Crippen LogP contribution in [-0.4, -0.2) is 30.1 Å². The summed E-state index contributed by atoms with van der Waals surface area (Å²) in [5, 5.41) is 0.857. The van der Waals surface area contributed by atoms with E-state index in [1.54, 1.807) is 30.3 Å². The van der Waals surface area contributed by atoms with Crippen molar-refractivity contribution in [2.45, 2.75) is 4.90 Å². The lowest BCUT2D eigenvalue weighted by atomic mass is 10.1. The number of anilines is 2. The summed E-state index contributed by atoms with van der Waals surface area (Å²) in [4.78, 5) is 27.3. The maximum Gasteiger partial charge on any atom is 0.282 e. The number of aliphatic imine (C=N–C) groups is 1. The fraction of sp³-hybridized carbons (Fsp3) is 0. The molecular formula is C26H17Cl2N5O3S. The van der Waals surface area contributed by atoms with Crippen molar-refractivity contribution in [1.29, 1.82) is 0 Å². The lowest BCUT2D eigenvalue weighted by Crippen LogP contribution is -2.32. The summed E-state index contributed by atoms with van der Waals surface area (Å²) in [6, 6.07) is 21.6. The van der Waals surface area contributed by atoms with E-state index in [0.29, 0.717) is 32.7 Å². The molecule has 0 radical (unpaired) electrons. The van der Waals surface area contributed by atoms with Crippen molar-refractivity contribution in [3.8, 4) is 0 Å². The molecule has 184 valence electrons. The largest absolute Gasteiger partial charge is 0.282 e. The first-order valence-electron chi connectivity index (χ1n) is 10.9. The summed E-state index contributed by atoms with van der Waals surface area (Å²) >= 11 is 12.3. The number of hydrogen-bond acceptors (Lipinski definition) is 6. The first kappa shape index (κ1) is 24.6. The van der Waals surface area contributed by atoms with Crippen LogP contribution in [0.15, 0.2) is 107 Å². The highest BCUT2D eigenvalue weighted by molar-refractivity contribution is 7.92. The van der Waals surface area contributed by atoms with Gasteiger partial charge in [0.15, 0.2) is 0 Å². The van der Waals surface area contributed by atoms with E-state index >= 15 is 0 Å². The van der Waals surface area contributed by atoms with Crippen molar-refractivity contribution in [2.24, 2.45) is 4.99 Å². The molecule has 0 fully saturated rings. The predicted molar refractivity (Wildman–Crippen MR) is 144 cm³/mol. The molecule has 3 aromatic carbocycles. The lowest BCUT2D eigenvalue weighted by molar-refractivity contribution is -0.113. The van der Waals surface area contributed by atoms with Gasteiger partial charge in [0, 0.05) is 28.0 Å². The summed E-state index contributed by atoms with van der Waals surface area (Å²) in [5.74, 6) is -0.0416. The van der Waals surface area contributed by atoms with Crippen LogP contribution < -0.4 is 9.62 Å². The van der Waals surface area contributed by atoms with Gasteiger partial charge in [0.05, 0.1) is 10.6 Å². The third-order valence-electron chi connectivity index (χ3n) is 5.34. The molecule has 0 saturated carbocycles. The van der Waals surface area contributed by atoms with Crippen LogP contribution in [0, 0.1) is 0 Å². The average Bonchev–Trinajstić information content (AvgIpc) is 3.22. The number of sulfonamides is 1. The van der Waals surface area contributed by atoms with Gasteiger partial charge in [0.2, 0.25) is 5.95 Å². The summed E-state index contributed by atoms with van der Waals surface area (Å²) in [6.07, 6.45) is 4.45. The van der Waals surface area contributed by atoms with Crippen molar-refractivity contribution in [1.82, 2.24) is 9.97 Å². The SMILES string of the molecule is O=C1/C(=C\c2ccc(Cl)cc2Cl)N=C(c2ccccc2)N1c1ccc(S(=O)(=O)Nc2ncccn2)cc1. The van der Waals surface area contributed by atoms with Gasteiger partial charge in [-0.3, -0.25) is 9.69 Å². The van der Waals surface area contributed by atoms with E-state index in [1.807, 2.05) is 30.3 Å². The van der Waals surface area contributed by atoms with Crippen LogP contribution in [0.4, 0.5) is 11.6 Å². The number of benzene rings is 3. The normalized spacial score (nSPS) is 14.6. The second kappa shape index (κ2) is 10.1. The van der Waals surface area contributed by atoms with Crippen LogP contribution in [0.2, 0.25) is 10.0 Å². The minimum absolute atomic E-state index is 0.0164. The number of nitrogens with zero attached hydrogens (tertiary/aromatic N) is 4. The monoisotopic (exact) mass is 549 g/mol. The molecule has 5 rings (SSSR count). The van der Waals surface area contributed by atoms with Crippen LogP contribution in [0.3, 0.4) is 0 Å². The zero-order valence-electron chi connectivity index (χ0n) is 18.9. The zero-order valence-corrected chi connectivity index (χ0v) is 21.2. The molecule has 0 unspecified atom stereocenters. The summed E-state index contributed by atoms with van der Waals surface area (Å²) in [7, 11) is -3.94. The van der Waals surface area contributed by atoms with Gasteiger partial charge in [0.1, 0.15) is 11.5 Å². The number of nitrogens with one attached hydrogen (secondary N) is 1. The molecule has 1 aliphatic heterocycles. The lowest BCUT2D eigenvalue weighted by Gasteiger charge is -2.19. The second-order valence-electron chi connectivity index (χ2n) is 7.81. The van der Waals surface area contributed by atoms with Gasteiger partial charge in [-0.1, -0.05) is 59.6 Å². The molecule has 0 saturated heterocycles. The van der Waals surface area contributed by atoms with Gasteiger partial charge in [0.25, 0.3) is 15.9 Å². The maximum atomic E-state index is 13.5. The molecule has 8 nitrogen and oxygen atoms in total. The Hall–Kier alpha value is -4.05. The maximum absolute atomic E-state index is 13.5. The Balaban J connectivity index is 1.51. The number of hydrogen-bond donors (Lipinski definition) is 1. The smallest absolute Gasteiger partial charge is 0.266 e. The molecular weight excluding hydrogens is 533 g/mol. The first-order valence-corrected chi connectivity index (χ1v) is 13.1. The van der Waals surface area contributed by atoms with Crippen molar-refractivity contribution in [2.75, 3.05) is 9.62 Å². The molecule has 0 atom stereocenters. The van der Waals surface area contributed by atoms with Gasteiger partial charge in [-0.25, -0.2) is 28.1 Å². The third-order valence-corrected chi connectivity index (χ3v) is 7.25. The molecule has 4 aromatic rings. The molecule has 1 aromatic heterocycles. The molecule has 37 heavy (non-hydrogen) atoms. The van der Waals surface area contributed by atoms with E-state index in [9.17, 15) is 13.2 Å². The Morgan fingerprint density at radius 3 is 2.24 bits per heavy atom. The third kappa shape index (κ3) is 5.24. The molecule has 2 heterocycles. The number of aromatic nitrogens is 2. The number of amides is 1. The van der Waals surface area contributed by atoms with Crippen LogP contribution in [0.1, 0.15) is 11.1 Å². The zero-order chi connectivity index (χ0) is 26.0. The van der Waals surface area contributed by atoms with E-state index < -0.39 is 15.9 Å². The molecule has 0 spiro atoms. The highest BCUT2D eigenvalue weighted by Gasteiger charge is 2.33. The summed E-state index contributed by atoms with van der Waals surface area (Å²) in [6.45, 7) is 0. The summed E-state index contributed by atoms with van der Waals surface area (Å²) < 4.78 is 27.9. The van der Waals surface area contributed by atoms with Crippen molar-refractivity contribution in [3.05, 3.63) is 118 Å². The van der Waals surface area contributed by atoms with Crippen LogP contribution in [-0.2, 0) is 14.8 Å². The first-order chi connectivity index (χ1) is 17.8. The minimum Gasteiger partial charge on any atom is -0.266 e. The van der Waals surface area contributed by atoms with E-state index in [2.05, 4.69) is 19.7 Å². The van der Waals surface area contributed by atoms with Crippen molar-refractivity contribution in [3.63, 3.8) is 0 Å². The summed E-state index contributed by atoms with van der Waals surface area (Å²) in [5.41, 5.74) is 1.90. The average molecular weight is 550 g/mol. The Morgan fingerprint density at radius 2 is 1.57 bits per heavy atom. The molecule has 1 N–H and O–H groups in total. The van der Waals surface area contributed by atoms with E-state index in [-0.39, 0.29) is 16.5 Å². The van der Waals surface area contributed by atoms with E-state index in [4.69, 9.17) is 23.2 Å². The Bertz CT molecular complexity index is 1640. The predicted octanol–water partition coefficient (Wildman–Crippen LogP) is 5.42. The quantitative estimate of drug-likeness (QED) is 0.323. The standard InChI is InChI=1S/C26H17Cl2N5O3S/c27-19-8-7-18(22(28)16-19)15-23-25(34)33(24(31-23)17-5-2-1-3-6-17)20-9-11-21(12-10-20)37(35,36)32-26-29-13-4-14-30-26/h1-16H,(H,29,30,32)/b23-15+. The van der Waals surface area contributed by atoms with Gasteiger partial charge in [-0.15, -0.1) is 0 Å². The molecule has 11 heteroatoms. The second-order valence-corrected chi connectivity index (χ2v) is 10.3. The molecule has 0 bridgehead atoms. The number of amidine groups is 1. The van der Waals surface area contributed by atoms with E-state index in [0.717, 1.165) is 0 Å². The Kier molecular flexibility index (Phi) is 6.75. The topological polar surface area (TPSA) is 105 Å². The fourth-order valence-electron chi connectivity index (χ4n) is 3.61. The molecule has 1 amide bonds. The Morgan fingerprint density at radius 1 is 0.865 bits per heavy atom. The van der Waals surface area contributed by atoms with Crippen molar-refractivity contribution >= 4 is 62.7 Å². The number of rotatable bonds is 6. The van der Waals surface area contributed by atoms with Gasteiger partial charge < -0.3 is 0 Å². The van der Waals surface area contributed by atoms with Crippen LogP contribution in [0.5, 0.6) is 0 Å². The van der Waals surface area contributed by atoms with Gasteiger partial charge in [-0.2, -0.15) is 0 Å². The Labute approximate surface area is 223 Å². The fourth-order valence-corrected chi connectivity index (χ4v) is 5.03. The molecule has 1 aliphatic rings. The van der Waals surface area contributed by atoms with Crippen molar-refractivity contribution < 1.29 is 13.2 Å². The van der Waals surface area contributed by atoms with Gasteiger partial charge >= 0.3 is 0 Å². The highest BCUT2D eigenvalue weighted by Crippen LogP contribution is 2.30. The highest BCUT2D eigenvalue weighted by atomic mass is 35.5. The number of halogens is 2. The molecule has 0 aliphatic carbocycles. The van der Waals surface area contributed by atoms with Gasteiger partial charge in [-0.05, 0) is 54.1 Å². The number of carbonyl (C=O) groups is 1. The van der Waals surface area contributed by atoms with E-state index in [1.165, 1.54) is 41.6 Å². The van der Waals surface area contributed by atoms with Crippen LogP contribution >= 0.6 is 23.2 Å².